The van der Waals surface area contributed by atoms with Crippen LogP contribution in [0.4, 0.5) is 17.1 Å². The zero-order valence-corrected chi connectivity index (χ0v) is 39.5. The van der Waals surface area contributed by atoms with E-state index in [1.807, 2.05) is 0 Å². The molecule has 2 aliphatic heterocycles. The fourth-order valence-electron chi connectivity index (χ4n) is 12.3. The summed E-state index contributed by atoms with van der Waals surface area (Å²) in [5.74, 6) is 2.71. The van der Waals surface area contributed by atoms with Crippen molar-refractivity contribution in [3.8, 4) is 0 Å². The fraction of sp³-hybridized carbons (Fsp3) is 0.333. The summed E-state index contributed by atoms with van der Waals surface area (Å²) >= 11 is 0. The minimum absolute atomic E-state index is 0.548. The van der Waals surface area contributed by atoms with Gasteiger partial charge in [0.05, 0.1) is 0 Å². The molecule has 7 unspecified atom stereocenters. The smallest absolute Gasteiger partial charge is 0.0486 e. The quantitative estimate of drug-likeness (QED) is 0.0707. The Balaban J connectivity index is 0.935. The van der Waals surface area contributed by atoms with Crippen LogP contribution in [0.1, 0.15) is 195 Å². The van der Waals surface area contributed by atoms with Crippen LogP contribution in [0.15, 0.2) is 127 Å². The maximum atomic E-state index is 2.65. The van der Waals surface area contributed by atoms with Crippen molar-refractivity contribution in [2.75, 3.05) is 11.4 Å². The van der Waals surface area contributed by atoms with Gasteiger partial charge in [-0.3, -0.25) is 4.90 Å². The summed E-state index contributed by atoms with van der Waals surface area (Å²) in [6, 6.07) is 49.4. The van der Waals surface area contributed by atoms with Crippen LogP contribution in [-0.4, -0.2) is 11.4 Å². The maximum Gasteiger partial charge on any atom is 0.0486 e. The van der Waals surface area contributed by atoms with Crippen molar-refractivity contribution in [3.05, 3.63) is 194 Å². The Hall–Kier alpha value is -5.70. The Morgan fingerprint density at radius 3 is 1.34 bits per heavy atom. The van der Waals surface area contributed by atoms with E-state index < -0.39 is 0 Å². The lowest BCUT2D eigenvalue weighted by atomic mass is 9.92. The second-order valence-electron chi connectivity index (χ2n) is 19.5. The molecule has 6 aromatic rings. The summed E-state index contributed by atoms with van der Waals surface area (Å²) < 4.78 is 0. The summed E-state index contributed by atoms with van der Waals surface area (Å²) in [7, 11) is 0. The second kappa shape index (κ2) is 19.0. The van der Waals surface area contributed by atoms with Gasteiger partial charge in [0.25, 0.3) is 0 Å². The number of rotatable bonds is 16. The first-order chi connectivity index (χ1) is 32.0. The van der Waals surface area contributed by atoms with Gasteiger partial charge >= 0.3 is 0 Å². The van der Waals surface area contributed by atoms with Crippen LogP contribution in [-0.2, 0) is 0 Å². The molecule has 2 heterocycles. The summed E-state index contributed by atoms with van der Waals surface area (Å²) in [5, 5.41) is 0. The zero-order chi connectivity index (χ0) is 44.4. The number of benzene rings is 6. The van der Waals surface area contributed by atoms with Gasteiger partial charge in [-0.25, -0.2) is 0 Å². The van der Waals surface area contributed by atoms with E-state index in [4.69, 9.17) is 0 Å². The van der Waals surface area contributed by atoms with Crippen molar-refractivity contribution in [1.29, 1.82) is 0 Å². The highest BCUT2D eigenvalue weighted by Crippen LogP contribution is 2.55. The molecular formula is C63H68N2. The van der Waals surface area contributed by atoms with Crippen molar-refractivity contribution >= 4 is 53.5 Å². The molecule has 0 spiro atoms. The van der Waals surface area contributed by atoms with Crippen molar-refractivity contribution < 1.29 is 0 Å². The summed E-state index contributed by atoms with van der Waals surface area (Å²) in [6.07, 6.45) is 25.2. The van der Waals surface area contributed by atoms with Gasteiger partial charge < -0.3 is 4.90 Å². The largest absolute Gasteiger partial charge is 0.311 e. The molecule has 2 nitrogen and oxygen atoms in total. The molecular weight excluding hydrogens is 785 g/mol. The molecule has 1 fully saturated rings. The van der Waals surface area contributed by atoms with Gasteiger partial charge in [-0.1, -0.05) is 175 Å². The van der Waals surface area contributed by atoms with Gasteiger partial charge in [0.1, 0.15) is 0 Å². The molecule has 330 valence electrons. The van der Waals surface area contributed by atoms with Crippen LogP contribution < -0.4 is 4.90 Å². The van der Waals surface area contributed by atoms with E-state index in [0.717, 1.165) is 23.5 Å². The number of fused-ring (bicyclic) bond motifs is 5. The van der Waals surface area contributed by atoms with Crippen LogP contribution in [0.5, 0.6) is 0 Å². The molecule has 0 saturated carbocycles. The Kier molecular flexibility index (Phi) is 12.6. The number of anilines is 3. The third-order valence-electron chi connectivity index (χ3n) is 15.6. The third kappa shape index (κ3) is 8.52. The van der Waals surface area contributed by atoms with Crippen molar-refractivity contribution in [2.45, 2.75) is 128 Å². The van der Waals surface area contributed by atoms with Crippen LogP contribution >= 0.6 is 0 Å². The molecule has 4 aliphatic rings. The van der Waals surface area contributed by atoms with Crippen LogP contribution in [0.2, 0.25) is 0 Å². The molecule has 1 saturated heterocycles. The number of hydrogen-bond acceptors (Lipinski definition) is 2. The second-order valence-corrected chi connectivity index (χ2v) is 19.5. The SMILES string of the molecule is CCCC1CC(CC)c2c(/C=C/c3ccc(N(c4ccc(/C=C/c5cccc6c5C(CCC)CC6CC)cc4)c4ccc(/C=C/c5cccc6c5C(CC)N5CC65)cc4)cc3)cccc21. The fourth-order valence-corrected chi connectivity index (χ4v) is 12.3. The lowest BCUT2D eigenvalue weighted by Gasteiger charge is -2.26. The summed E-state index contributed by atoms with van der Waals surface area (Å²) in [5.41, 5.74) is 20.7. The molecule has 2 aliphatic carbocycles. The van der Waals surface area contributed by atoms with E-state index in [2.05, 4.69) is 208 Å². The zero-order valence-electron chi connectivity index (χ0n) is 39.5. The van der Waals surface area contributed by atoms with Crippen LogP contribution in [0.25, 0.3) is 36.5 Å². The first-order valence-corrected chi connectivity index (χ1v) is 25.3. The van der Waals surface area contributed by atoms with E-state index in [0.29, 0.717) is 35.8 Å². The topological polar surface area (TPSA) is 6.25 Å². The Morgan fingerprint density at radius 2 is 0.862 bits per heavy atom. The first-order valence-electron chi connectivity index (χ1n) is 25.3. The average Bonchev–Trinajstić information content (AvgIpc) is 3.78. The van der Waals surface area contributed by atoms with Crippen molar-refractivity contribution in [3.63, 3.8) is 0 Å². The molecule has 0 N–H and O–H groups in total. The van der Waals surface area contributed by atoms with Gasteiger partial charge in [-0.15, -0.1) is 0 Å². The Morgan fingerprint density at radius 1 is 0.431 bits per heavy atom. The summed E-state index contributed by atoms with van der Waals surface area (Å²) in [4.78, 5) is 5.05. The monoisotopic (exact) mass is 853 g/mol. The molecule has 6 aromatic carbocycles. The third-order valence-corrected chi connectivity index (χ3v) is 15.6. The normalized spacial score (nSPS) is 22.8. The van der Waals surface area contributed by atoms with Crippen molar-refractivity contribution in [2.24, 2.45) is 0 Å². The molecule has 0 aromatic heterocycles. The van der Waals surface area contributed by atoms with E-state index in [-0.39, 0.29) is 0 Å². The van der Waals surface area contributed by atoms with Gasteiger partial charge in [0, 0.05) is 35.7 Å². The van der Waals surface area contributed by atoms with Gasteiger partial charge in [0.2, 0.25) is 0 Å². The highest BCUT2D eigenvalue weighted by atomic mass is 15.3. The molecule has 10 rings (SSSR count). The first kappa shape index (κ1) is 43.2. The van der Waals surface area contributed by atoms with Gasteiger partial charge in [0.15, 0.2) is 0 Å². The molecule has 7 atom stereocenters. The van der Waals surface area contributed by atoms with E-state index in [1.54, 1.807) is 27.8 Å². The highest BCUT2D eigenvalue weighted by molar-refractivity contribution is 5.82. The highest BCUT2D eigenvalue weighted by Gasteiger charge is 2.49. The standard InChI is InChI=1S/C63H68N2/c1-6-14-51-41-47(9-4)61-48(16-12-20-57(51)61)31-22-43-25-34-53(35-26-43)65(55-38-29-45(30-39-55)24-33-50-18-13-21-58-60-42-64(60)59(10-5)63(50)58)54-36-27-44(28-37-54)23-32-49-17-11-19-56-46(8-3)40-52(15-7-2)62(49)56/h11-13,16-39,46-47,51-52,59-60H,6-10,14-15,40-42H2,1-5H3/b31-22+,32-23+,33-24+. The molecule has 0 amide bonds. The minimum Gasteiger partial charge on any atom is -0.311 e. The summed E-state index contributed by atoms with van der Waals surface area (Å²) in [6.45, 7) is 12.9. The number of nitrogens with zero attached hydrogens (tertiary/aromatic N) is 2. The van der Waals surface area contributed by atoms with E-state index >= 15 is 0 Å². The lowest BCUT2D eigenvalue weighted by molar-refractivity contribution is 0.401. The van der Waals surface area contributed by atoms with E-state index in [9.17, 15) is 0 Å². The average molecular weight is 853 g/mol. The Bertz CT molecular complexity index is 2700. The Labute approximate surface area is 390 Å². The van der Waals surface area contributed by atoms with Crippen molar-refractivity contribution in [1.82, 2.24) is 4.90 Å². The predicted molar refractivity (Wildman–Crippen MR) is 280 cm³/mol. The lowest BCUT2D eigenvalue weighted by Crippen LogP contribution is -2.09. The van der Waals surface area contributed by atoms with Crippen LogP contribution in [0, 0.1) is 0 Å². The molecule has 65 heavy (non-hydrogen) atoms. The number of hydrogen-bond donors (Lipinski definition) is 0. The van der Waals surface area contributed by atoms with E-state index in [1.165, 1.54) is 96.9 Å². The van der Waals surface area contributed by atoms with Gasteiger partial charge in [-0.05, 0) is 172 Å². The van der Waals surface area contributed by atoms with Crippen LogP contribution in [0.3, 0.4) is 0 Å². The minimum atomic E-state index is 0.548. The molecule has 0 radical (unpaired) electrons. The molecule has 0 bridgehead atoms. The molecule has 2 heteroatoms. The maximum absolute atomic E-state index is 2.65. The predicted octanol–water partition coefficient (Wildman–Crippen LogP) is 18.1. The van der Waals surface area contributed by atoms with Gasteiger partial charge in [-0.2, -0.15) is 0 Å².